The van der Waals surface area contributed by atoms with E-state index in [0.717, 1.165) is 48.6 Å². The average molecular weight is 580 g/mol. The maximum Gasteiger partial charge on any atom is 0.335 e. The average Bonchev–Trinajstić information content (AvgIpc) is 3.28. The summed E-state index contributed by atoms with van der Waals surface area (Å²) in [6.45, 7) is 4.90. The highest BCUT2D eigenvalue weighted by atomic mass is 35.5. The van der Waals surface area contributed by atoms with Crippen LogP contribution in [-0.4, -0.2) is 51.8 Å². The van der Waals surface area contributed by atoms with Crippen LogP contribution in [0.3, 0.4) is 0 Å². The van der Waals surface area contributed by atoms with Crippen LogP contribution in [0.4, 0.5) is 4.39 Å². The number of likely N-dealkylation sites (tertiary alicyclic amines) is 1. The fourth-order valence-corrected chi connectivity index (χ4v) is 5.96. The van der Waals surface area contributed by atoms with Gasteiger partial charge in [-0.25, -0.2) is 14.2 Å². The summed E-state index contributed by atoms with van der Waals surface area (Å²) in [6.07, 6.45) is 1.33. The molecule has 2 aliphatic rings. The van der Waals surface area contributed by atoms with Crippen molar-refractivity contribution in [1.82, 2.24) is 14.5 Å². The molecule has 0 bridgehead atoms. The fraction of sp³-hybridized carbons (Fsp3) is 0.355. The van der Waals surface area contributed by atoms with Crippen LogP contribution in [-0.2, 0) is 13.6 Å². The van der Waals surface area contributed by atoms with Gasteiger partial charge in [0.05, 0.1) is 24.2 Å². The molecule has 0 spiro atoms. The molecule has 0 aliphatic carbocycles. The van der Waals surface area contributed by atoms with Crippen LogP contribution >= 0.6 is 11.6 Å². The standard InChI is InChI=1S/C31H31ClFN3O5/c1-3-39-26-14-19(31(37)38)13-24-29(26)34-28(35(24)2)16-36-11-9-18(10-12-36)21-5-4-6-25-30(21)40-17-27(41-25)22-8-7-20(32)15-23(22)33/h4-8,13-15,18,27H,3,9-12,16-17H2,1-2H3,(H,37,38)/t27-/m0/s1. The first kappa shape index (κ1) is 27.4. The van der Waals surface area contributed by atoms with Crippen molar-refractivity contribution >= 4 is 28.6 Å². The molecule has 41 heavy (non-hydrogen) atoms. The van der Waals surface area contributed by atoms with E-state index >= 15 is 0 Å². The summed E-state index contributed by atoms with van der Waals surface area (Å²) >= 11 is 5.91. The topological polar surface area (TPSA) is 86.1 Å². The molecule has 8 nitrogen and oxygen atoms in total. The minimum absolute atomic E-state index is 0.179. The highest BCUT2D eigenvalue weighted by molar-refractivity contribution is 6.30. The molecule has 6 rings (SSSR count). The van der Waals surface area contributed by atoms with Gasteiger partial charge in [-0.1, -0.05) is 29.8 Å². The molecule has 1 atom stereocenters. The van der Waals surface area contributed by atoms with Gasteiger partial charge < -0.3 is 23.9 Å². The van der Waals surface area contributed by atoms with Crippen molar-refractivity contribution in [2.45, 2.75) is 38.3 Å². The van der Waals surface area contributed by atoms with E-state index in [-0.39, 0.29) is 12.2 Å². The SMILES string of the molecule is CCOc1cc(C(=O)O)cc2c1nc(CN1CCC(c3cccc4c3OC[C@@H](c3ccc(Cl)cc3F)O4)CC1)n2C. The molecule has 0 saturated carbocycles. The van der Waals surface area contributed by atoms with Crippen LogP contribution < -0.4 is 14.2 Å². The van der Waals surface area contributed by atoms with Crippen LogP contribution in [0.5, 0.6) is 17.2 Å². The van der Waals surface area contributed by atoms with Crippen molar-refractivity contribution in [3.63, 3.8) is 0 Å². The molecule has 0 amide bonds. The van der Waals surface area contributed by atoms with Gasteiger partial charge in [-0.05, 0) is 69.1 Å². The second-order valence-corrected chi connectivity index (χ2v) is 10.9. The Balaban J connectivity index is 1.15. The van der Waals surface area contributed by atoms with Crippen LogP contribution in [0, 0.1) is 5.82 Å². The number of ether oxygens (including phenoxy) is 3. The number of aromatic nitrogens is 2. The number of para-hydroxylation sites is 1. The number of hydrogen-bond acceptors (Lipinski definition) is 6. The Kier molecular flexibility index (Phi) is 7.48. The van der Waals surface area contributed by atoms with E-state index in [1.165, 1.54) is 12.1 Å². The van der Waals surface area contributed by atoms with Crippen LogP contribution in [0.15, 0.2) is 48.5 Å². The highest BCUT2D eigenvalue weighted by Crippen LogP contribution is 2.44. The van der Waals surface area contributed by atoms with E-state index in [1.807, 2.05) is 30.7 Å². The van der Waals surface area contributed by atoms with E-state index < -0.39 is 17.9 Å². The zero-order chi connectivity index (χ0) is 28.7. The summed E-state index contributed by atoms with van der Waals surface area (Å²) in [7, 11) is 1.91. The van der Waals surface area contributed by atoms with Gasteiger partial charge in [0, 0.05) is 23.2 Å². The number of aromatic carboxylic acids is 1. The Labute approximate surface area is 242 Å². The summed E-state index contributed by atoms with van der Waals surface area (Å²) in [5, 5.41) is 9.89. The summed E-state index contributed by atoms with van der Waals surface area (Å²) < 4.78 is 34.5. The third-order valence-corrected chi connectivity index (χ3v) is 8.19. The summed E-state index contributed by atoms with van der Waals surface area (Å²) in [5.41, 5.74) is 3.13. The Hall–Kier alpha value is -3.82. The molecule has 1 fully saturated rings. The van der Waals surface area contributed by atoms with Crippen molar-refractivity contribution < 1.29 is 28.5 Å². The first-order valence-corrected chi connectivity index (χ1v) is 14.1. The number of rotatable bonds is 7. The fourth-order valence-electron chi connectivity index (χ4n) is 5.80. The van der Waals surface area contributed by atoms with E-state index in [1.54, 1.807) is 18.2 Å². The summed E-state index contributed by atoms with van der Waals surface area (Å²) in [5.74, 6) is 1.61. The van der Waals surface area contributed by atoms with Crippen LogP contribution in [0.2, 0.25) is 5.02 Å². The van der Waals surface area contributed by atoms with E-state index in [9.17, 15) is 14.3 Å². The van der Waals surface area contributed by atoms with Crippen molar-refractivity contribution in [2.24, 2.45) is 7.05 Å². The molecule has 4 aromatic rings. The summed E-state index contributed by atoms with van der Waals surface area (Å²) in [6, 6.07) is 13.7. The Morgan fingerprint density at radius 1 is 1.17 bits per heavy atom. The number of piperidine rings is 1. The van der Waals surface area contributed by atoms with E-state index in [2.05, 4.69) is 11.0 Å². The molecule has 0 unspecified atom stereocenters. The lowest BCUT2D eigenvalue weighted by Crippen LogP contribution is -2.33. The third-order valence-electron chi connectivity index (χ3n) is 7.95. The molecule has 3 heterocycles. The number of carboxylic acid groups (broad SMARTS) is 1. The Bertz CT molecular complexity index is 1620. The van der Waals surface area contributed by atoms with E-state index in [4.69, 9.17) is 30.8 Å². The van der Waals surface area contributed by atoms with Crippen molar-refractivity contribution in [2.75, 3.05) is 26.3 Å². The minimum atomic E-state index is -0.997. The molecule has 0 radical (unpaired) electrons. The minimum Gasteiger partial charge on any atom is -0.492 e. The summed E-state index contributed by atoms with van der Waals surface area (Å²) in [4.78, 5) is 18.8. The lowest BCUT2D eigenvalue weighted by atomic mass is 9.88. The second kappa shape index (κ2) is 11.2. The van der Waals surface area contributed by atoms with Crippen LogP contribution in [0.25, 0.3) is 11.0 Å². The first-order valence-electron chi connectivity index (χ1n) is 13.8. The van der Waals surface area contributed by atoms with Gasteiger partial charge in [0.15, 0.2) is 17.6 Å². The molecule has 214 valence electrons. The largest absolute Gasteiger partial charge is 0.492 e. The molecule has 3 aromatic carbocycles. The molecule has 1 saturated heterocycles. The zero-order valence-corrected chi connectivity index (χ0v) is 23.7. The molecule has 1 aromatic heterocycles. The van der Waals surface area contributed by atoms with Gasteiger partial charge in [0.25, 0.3) is 0 Å². The zero-order valence-electron chi connectivity index (χ0n) is 22.9. The third kappa shape index (κ3) is 5.31. The molecular formula is C31H31ClFN3O5. The molecule has 1 N–H and O–H groups in total. The van der Waals surface area contributed by atoms with Gasteiger partial charge >= 0.3 is 5.97 Å². The number of carbonyl (C=O) groups is 1. The number of carboxylic acids is 1. The van der Waals surface area contributed by atoms with Crippen LogP contribution in [0.1, 0.15) is 59.1 Å². The number of imidazole rings is 1. The smallest absolute Gasteiger partial charge is 0.335 e. The number of nitrogens with zero attached hydrogens (tertiary/aromatic N) is 3. The van der Waals surface area contributed by atoms with Gasteiger partial charge in [-0.2, -0.15) is 0 Å². The Morgan fingerprint density at radius 3 is 2.71 bits per heavy atom. The second-order valence-electron chi connectivity index (χ2n) is 10.5. The lowest BCUT2D eigenvalue weighted by Gasteiger charge is -2.34. The highest BCUT2D eigenvalue weighted by Gasteiger charge is 2.31. The quantitative estimate of drug-likeness (QED) is 0.273. The Morgan fingerprint density at radius 2 is 1.98 bits per heavy atom. The maximum absolute atomic E-state index is 14.5. The monoisotopic (exact) mass is 579 g/mol. The van der Waals surface area contributed by atoms with Crippen molar-refractivity contribution in [3.8, 4) is 17.2 Å². The number of fused-ring (bicyclic) bond motifs is 2. The predicted octanol–water partition coefficient (Wildman–Crippen LogP) is 6.35. The van der Waals surface area contributed by atoms with Gasteiger partial charge in [0.2, 0.25) is 0 Å². The molecule has 2 aliphatic heterocycles. The van der Waals surface area contributed by atoms with Gasteiger partial charge in [-0.15, -0.1) is 0 Å². The van der Waals surface area contributed by atoms with E-state index in [0.29, 0.717) is 46.7 Å². The maximum atomic E-state index is 14.5. The lowest BCUT2D eigenvalue weighted by molar-refractivity contribution is 0.0696. The number of aryl methyl sites for hydroxylation is 1. The molecule has 10 heteroatoms. The van der Waals surface area contributed by atoms with Gasteiger partial charge in [0.1, 0.15) is 29.5 Å². The van der Waals surface area contributed by atoms with Crippen molar-refractivity contribution in [3.05, 3.63) is 81.9 Å². The number of benzene rings is 3. The first-order chi connectivity index (χ1) is 19.8. The number of halogens is 2. The number of hydrogen-bond donors (Lipinski definition) is 1. The van der Waals surface area contributed by atoms with Crippen molar-refractivity contribution in [1.29, 1.82) is 0 Å². The normalized spacial score (nSPS) is 17.6. The molecular weight excluding hydrogens is 549 g/mol. The predicted molar refractivity (Wildman–Crippen MR) is 153 cm³/mol. The van der Waals surface area contributed by atoms with Gasteiger partial charge in [-0.3, -0.25) is 4.90 Å².